The van der Waals surface area contributed by atoms with E-state index >= 15 is 0 Å². The number of hydrogen-bond donors (Lipinski definition) is 0. The fraction of sp³-hybridized carbons (Fsp3) is 0.476. The largest absolute Gasteiger partial charge is 0.492 e. The Morgan fingerprint density at radius 2 is 2.11 bits per heavy atom. The number of aromatic nitrogens is 2. The highest BCUT2D eigenvalue weighted by atomic mass is 35.5. The highest BCUT2D eigenvalue weighted by molar-refractivity contribution is 6.30. The first-order valence-corrected chi connectivity index (χ1v) is 9.80. The molecule has 1 aromatic carbocycles. The number of carbonyl (C=O) groups is 1. The van der Waals surface area contributed by atoms with Crippen molar-refractivity contribution in [2.24, 2.45) is 0 Å². The zero-order valence-electron chi connectivity index (χ0n) is 15.9. The van der Waals surface area contributed by atoms with Crippen molar-refractivity contribution in [3.8, 4) is 5.75 Å². The fourth-order valence-electron chi connectivity index (χ4n) is 3.36. The number of halogens is 1. The number of ketones is 1. The standard InChI is InChI=1S/C21H26ClN3O2/c1-15-12-24-18(13-23-15)11-20(26)10-16-9-17(22)6-7-21(16)27-14-19-5-3-4-8-25(19)2/h6-7,9,12-13,19H,3-5,8,10-11,14H2,1-2H3/t19-/m1/s1. The molecule has 0 N–H and O–H groups in total. The molecule has 1 aliphatic rings. The zero-order valence-corrected chi connectivity index (χ0v) is 16.7. The van der Waals surface area contributed by atoms with Gasteiger partial charge in [0.25, 0.3) is 0 Å². The Kier molecular flexibility index (Phi) is 6.80. The van der Waals surface area contributed by atoms with Crippen LogP contribution in [0.25, 0.3) is 0 Å². The maximum absolute atomic E-state index is 12.5. The Morgan fingerprint density at radius 1 is 1.26 bits per heavy atom. The van der Waals surface area contributed by atoms with Gasteiger partial charge < -0.3 is 9.64 Å². The molecule has 0 bridgehead atoms. The van der Waals surface area contributed by atoms with Gasteiger partial charge in [-0.1, -0.05) is 18.0 Å². The van der Waals surface area contributed by atoms with Crippen LogP contribution >= 0.6 is 11.6 Å². The maximum atomic E-state index is 12.5. The highest BCUT2D eigenvalue weighted by Crippen LogP contribution is 2.25. The number of nitrogens with zero attached hydrogens (tertiary/aromatic N) is 3. The molecule has 144 valence electrons. The molecule has 0 amide bonds. The van der Waals surface area contributed by atoms with Gasteiger partial charge in [0.2, 0.25) is 0 Å². The van der Waals surface area contributed by atoms with E-state index in [0.29, 0.717) is 23.4 Å². The highest BCUT2D eigenvalue weighted by Gasteiger charge is 2.20. The van der Waals surface area contributed by atoms with Gasteiger partial charge in [0.1, 0.15) is 18.1 Å². The molecule has 27 heavy (non-hydrogen) atoms. The third-order valence-corrected chi connectivity index (χ3v) is 5.21. The van der Waals surface area contributed by atoms with Gasteiger partial charge in [0, 0.05) is 35.4 Å². The number of piperidine rings is 1. The molecule has 5 nitrogen and oxygen atoms in total. The zero-order chi connectivity index (χ0) is 19.2. The molecule has 1 aliphatic heterocycles. The van der Waals surface area contributed by atoms with E-state index in [1.165, 1.54) is 12.8 Å². The van der Waals surface area contributed by atoms with Gasteiger partial charge in [-0.05, 0) is 51.6 Å². The minimum atomic E-state index is 0.0649. The van der Waals surface area contributed by atoms with E-state index in [0.717, 1.165) is 30.0 Å². The molecule has 1 aromatic heterocycles. The molecule has 2 heterocycles. The Balaban J connectivity index is 1.64. The molecular weight excluding hydrogens is 362 g/mol. The quantitative estimate of drug-likeness (QED) is 0.725. The summed E-state index contributed by atoms with van der Waals surface area (Å²) in [6.45, 7) is 3.61. The van der Waals surface area contributed by atoms with Crippen LogP contribution in [0.5, 0.6) is 5.75 Å². The number of benzene rings is 1. The van der Waals surface area contributed by atoms with Gasteiger partial charge in [0.05, 0.1) is 17.8 Å². The minimum absolute atomic E-state index is 0.0649. The van der Waals surface area contributed by atoms with E-state index in [9.17, 15) is 4.79 Å². The number of likely N-dealkylation sites (N-methyl/N-ethyl adjacent to an activating group) is 1. The van der Waals surface area contributed by atoms with Crippen LogP contribution in [-0.4, -0.2) is 46.9 Å². The SMILES string of the molecule is Cc1cnc(CC(=O)Cc2cc(Cl)ccc2OC[C@H]2CCCCN2C)cn1. The monoisotopic (exact) mass is 387 g/mol. The molecule has 0 saturated carbocycles. The summed E-state index contributed by atoms with van der Waals surface area (Å²) >= 11 is 6.15. The first-order chi connectivity index (χ1) is 13.0. The topological polar surface area (TPSA) is 55.3 Å². The lowest BCUT2D eigenvalue weighted by molar-refractivity contribution is -0.117. The second kappa shape index (κ2) is 9.29. The Labute approximate surface area is 165 Å². The molecular formula is C21H26ClN3O2. The molecule has 1 saturated heterocycles. The summed E-state index contributed by atoms with van der Waals surface area (Å²) in [6.07, 6.45) is 7.48. The lowest BCUT2D eigenvalue weighted by Crippen LogP contribution is -2.40. The number of Topliss-reactive ketones (excluding diaryl/α,β-unsaturated/α-hetero) is 1. The van der Waals surface area contributed by atoms with Gasteiger partial charge in [-0.15, -0.1) is 0 Å². The van der Waals surface area contributed by atoms with Crippen molar-refractivity contribution in [3.05, 3.63) is 52.6 Å². The van der Waals surface area contributed by atoms with E-state index in [4.69, 9.17) is 16.3 Å². The number of carbonyl (C=O) groups excluding carboxylic acids is 1. The molecule has 1 fully saturated rings. The van der Waals surface area contributed by atoms with Gasteiger partial charge >= 0.3 is 0 Å². The van der Waals surface area contributed by atoms with Crippen LogP contribution in [0.2, 0.25) is 5.02 Å². The van der Waals surface area contributed by atoms with Crippen LogP contribution in [-0.2, 0) is 17.6 Å². The lowest BCUT2D eigenvalue weighted by atomic mass is 10.0. The predicted octanol–water partition coefficient (Wildman–Crippen LogP) is 3.66. The molecule has 3 rings (SSSR count). The average molecular weight is 388 g/mol. The van der Waals surface area contributed by atoms with Crippen molar-refractivity contribution < 1.29 is 9.53 Å². The second-order valence-corrected chi connectivity index (χ2v) is 7.67. The molecule has 6 heteroatoms. The second-order valence-electron chi connectivity index (χ2n) is 7.23. The first-order valence-electron chi connectivity index (χ1n) is 9.42. The summed E-state index contributed by atoms with van der Waals surface area (Å²) in [7, 11) is 2.14. The van der Waals surface area contributed by atoms with Crippen LogP contribution < -0.4 is 4.74 Å². The maximum Gasteiger partial charge on any atom is 0.143 e. The number of hydrogen-bond acceptors (Lipinski definition) is 5. The summed E-state index contributed by atoms with van der Waals surface area (Å²) in [5, 5.41) is 0.607. The molecule has 0 radical (unpaired) electrons. The number of aryl methyl sites for hydroxylation is 1. The van der Waals surface area contributed by atoms with E-state index in [-0.39, 0.29) is 18.6 Å². The third kappa shape index (κ3) is 5.75. The van der Waals surface area contributed by atoms with Crippen LogP contribution in [0.15, 0.2) is 30.6 Å². The Bertz CT molecular complexity index is 779. The van der Waals surface area contributed by atoms with E-state index < -0.39 is 0 Å². The van der Waals surface area contributed by atoms with Crippen molar-refractivity contribution in [2.75, 3.05) is 20.2 Å². The van der Waals surface area contributed by atoms with Gasteiger partial charge in [0.15, 0.2) is 0 Å². The van der Waals surface area contributed by atoms with E-state index in [1.807, 2.05) is 19.1 Å². The fourth-order valence-corrected chi connectivity index (χ4v) is 3.55. The van der Waals surface area contributed by atoms with Crippen LogP contribution in [0.4, 0.5) is 0 Å². The van der Waals surface area contributed by atoms with Crippen molar-refractivity contribution in [3.63, 3.8) is 0 Å². The molecule has 0 aliphatic carbocycles. The van der Waals surface area contributed by atoms with Crippen LogP contribution in [0.1, 0.15) is 36.2 Å². The molecule has 0 unspecified atom stereocenters. The van der Waals surface area contributed by atoms with Crippen molar-refractivity contribution in [1.82, 2.24) is 14.9 Å². The van der Waals surface area contributed by atoms with Crippen LogP contribution in [0.3, 0.4) is 0 Å². The van der Waals surface area contributed by atoms with Gasteiger partial charge in [-0.25, -0.2) is 0 Å². The average Bonchev–Trinajstić information content (AvgIpc) is 2.64. The molecule has 2 aromatic rings. The van der Waals surface area contributed by atoms with Gasteiger partial charge in [-0.3, -0.25) is 14.8 Å². The van der Waals surface area contributed by atoms with Crippen molar-refractivity contribution >= 4 is 17.4 Å². The summed E-state index contributed by atoms with van der Waals surface area (Å²) in [6, 6.07) is 5.90. The smallest absolute Gasteiger partial charge is 0.143 e. The molecule has 0 spiro atoms. The third-order valence-electron chi connectivity index (χ3n) is 4.98. The predicted molar refractivity (Wildman–Crippen MR) is 106 cm³/mol. The van der Waals surface area contributed by atoms with Crippen molar-refractivity contribution in [2.45, 2.75) is 45.1 Å². The van der Waals surface area contributed by atoms with E-state index in [1.54, 1.807) is 18.5 Å². The summed E-state index contributed by atoms with van der Waals surface area (Å²) in [5.41, 5.74) is 2.34. The summed E-state index contributed by atoms with van der Waals surface area (Å²) in [4.78, 5) is 23.3. The number of ether oxygens (including phenoxy) is 1. The first kappa shape index (κ1) is 19.8. The van der Waals surface area contributed by atoms with Crippen LogP contribution in [0, 0.1) is 6.92 Å². The minimum Gasteiger partial charge on any atom is -0.492 e. The summed E-state index contributed by atoms with van der Waals surface area (Å²) in [5.74, 6) is 0.803. The van der Waals surface area contributed by atoms with Crippen molar-refractivity contribution in [1.29, 1.82) is 0 Å². The summed E-state index contributed by atoms with van der Waals surface area (Å²) < 4.78 is 6.09. The van der Waals surface area contributed by atoms with E-state index in [2.05, 4.69) is 21.9 Å². The Hall–Kier alpha value is -1.98. The normalized spacial score (nSPS) is 17.7. The number of likely N-dealkylation sites (tertiary alicyclic amines) is 1. The van der Waals surface area contributed by atoms with Gasteiger partial charge in [-0.2, -0.15) is 0 Å². The Morgan fingerprint density at radius 3 is 2.85 bits per heavy atom. The lowest BCUT2D eigenvalue weighted by Gasteiger charge is -2.32. The molecule has 1 atom stereocenters. The number of rotatable bonds is 7.